The average molecular weight is 355 g/mol. The van der Waals surface area contributed by atoms with E-state index in [4.69, 9.17) is 27.2 Å². The van der Waals surface area contributed by atoms with Crippen molar-refractivity contribution in [1.29, 1.82) is 0 Å². The van der Waals surface area contributed by atoms with Crippen molar-refractivity contribution in [2.45, 2.75) is 39.7 Å². The minimum atomic E-state index is -0.250. The molecule has 0 heterocycles. The highest BCUT2D eigenvalue weighted by Crippen LogP contribution is 2.35. The third kappa shape index (κ3) is 8.86. The number of halogens is 2. The first-order valence-corrected chi connectivity index (χ1v) is 7.07. The van der Waals surface area contributed by atoms with E-state index in [2.05, 4.69) is 29.8 Å². The Morgan fingerprint density at radius 2 is 1.84 bits per heavy atom. The summed E-state index contributed by atoms with van der Waals surface area (Å²) in [6, 6.07) is 3.16. The lowest BCUT2D eigenvalue weighted by molar-refractivity contribution is -0.122. The molecule has 0 saturated heterocycles. The number of carboxylic acid groups (broad SMARTS) is 1. The SMILES string of the molecule is CCC.CCC(N)c1cc(Cl)cc(Br)c1O.O=CO. The lowest BCUT2D eigenvalue weighted by Crippen LogP contribution is -2.08. The summed E-state index contributed by atoms with van der Waals surface area (Å²) in [7, 11) is 0. The van der Waals surface area contributed by atoms with Gasteiger partial charge in [-0.1, -0.05) is 38.8 Å². The Morgan fingerprint density at radius 3 is 2.21 bits per heavy atom. The van der Waals surface area contributed by atoms with Crippen molar-refractivity contribution in [1.82, 2.24) is 0 Å². The molecule has 0 aliphatic carbocycles. The second-order valence-corrected chi connectivity index (χ2v) is 4.94. The number of rotatable bonds is 2. The molecular weight excluding hydrogens is 334 g/mol. The molecule has 4 N–H and O–H groups in total. The molecule has 0 bridgehead atoms. The minimum Gasteiger partial charge on any atom is -0.506 e. The summed E-state index contributed by atoms with van der Waals surface area (Å²) in [5, 5.41) is 17.1. The van der Waals surface area contributed by atoms with Crippen molar-refractivity contribution in [3.8, 4) is 5.75 Å². The first-order valence-electron chi connectivity index (χ1n) is 5.90. The number of phenols is 1. The number of nitrogens with two attached hydrogens (primary N) is 1. The lowest BCUT2D eigenvalue weighted by Gasteiger charge is -2.12. The van der Waals surface area contributed by atoms with Crippen LogP contribution in [0, 0.1) is 0 Å². The smallest absolute Gasteiger partial charge is 0.290 e. The van der Waals surface area contributed by atoms with Gasteiger partial charge in [0, 0.05) is 16.6 Å². The van der Waals surface area contributed by atoms with E-state index in [0.29, 0.717) is 15.1 Å². The largest absolute Gasteiger partial charge is 0.506 e. The molecule has 19 heavy (non-hydrogen) atoms. The molecule has 1 unspecified atom stereocenters. The van der Waals surface area contributed by atoms with E-state index in [9.17, 15) is 5.11 Å². The van der Waals surface area contributed by atoms with Crippen LogP contribution in [0.3, 0.4) is 0 Å². The van der Waals surface area contributed by atoms with Gasteiger partial charge in [0.05, 0.1) is 4.47 Å². The fourth-order valence-electron chi connectivity index (χ4n) is 1.09. The number of aromatic hydroxyl groups is 1. The molecule has 1 aromatic rings. The molecule has 6 heteroatoms. The van der Waals surface area contributed by atoms with Crippen LogP contribution in [0.1, 0.15) is 45.2 Å². The number of phenolic OH excluding ortho intramolecular Hbond substituents is 1. The highest BCUT2D eigenvalue weighted by Gasteiger charge is 2.12. The predicted octanol–water partition coefficient (Wildman–Crippen LogP) is 4.34. The standard InChI is InChI=1S/C9H11BrClNO.C3H8.CH2O2/c1-2-8(12)6-3-5(11)4-7(10)9(6)13;1-3-2;2-1-3/h3-4,8,13H,2,12H2,1H3;3H2,1-2H3;1H,(H,2,3). The maximum absolute atomic E-state index is 9.64. The second kappa shape index (κ2) is 12.3. The molecule has 110 valence electrons. The van der Waals surface area contributed by atoms with Crippen LogP contribution in [0.4, 0.5) is 0 Å². The van der Waals surface area contributed by atoms with Gasteiger partial charge in [-0.25, -0.2) is 0 Å². The zero-order valence-electron chi connectivity index (χ0n) is 11.4. The van der Waals surface area contributed by atoms with Crippen LogP contribution in [0.5, 0.6) is 5.75 Å². The molecule has 0 fully saturated rings. The Kier molecular flexibility index (Phi) is 13.3. The summed E-state index contributed by atoms with van der Waals surface area (Å²) in [4.78, 5) is 8.36. The number of carbonyl (C=O) groups is 1. The van der Waals surface area contributed by atoms with Crippen molar-refractivity contribution in [2.75, 3.05) is 0 Å². The minimum absolute atomic E-state index is 0.171. The van der Waals surface area contributed by atoms with Crippen LogP contribution in [-0.2, 0) is 4.79 Å². The van der Waals surface area contributed by atoms with E-state index < -0.39 is 0 Å². The zero-order valence-corrected chi connectivity index (χ0v) is 13.7. The van der Waals surface area contributed by atoms with E-state index in [1.807, 2.05) is 6.92 Å². The Balaban J connectivity index is 0. The van der Waals surface area contributed by atoms with Gasteiger partial charge < -0.3 is 15.9 Å². The molecule has 0 aliphatic rings. The summed E-state index contributed by atoms with van der Waals surface area (Å²) < 4.78 is 0.582. The first kappa shape index (κ1) is 20.5. The summed E-state index contributed by atoms with van der Waals surface area (Å²) in [5.74, 6) is 0.179. The van der Waals surface area contributed by atoms with E-state index in [-0.39, 0.29) is 18.3 Å². The van der Waals surface area contributed by atoms with E-state index in [0.717, 1.165) is 6.42 Å². The first-order chi connectivity index (χ1) is 8.89. The number of benzene rings is 1. The molecule has 0 amide bonds. The monoisotopic (exact) mass is 353 g/mol. The maximum Gasteiger partial charge on any atom is 0.290 e. The summed E-state index contributed by atoms with van der Waals surface area (Å²) in [5.41, 5.74) is 6.48. The van der Waals surface area contributed by atoms with Crippen LogP contribution in [0.25, 0.3) is 0 Å². The van der Waals surface area contributed by atoms with Crippen molar-refractivity contribution in [3.05, 3.63) is 27.2 Å². The van der Waals surface area contributed by atoms with Gasteiger partial charge in [0.1, 0.15) is 5.75 Å². The van der Waals surface area contributed by atoms with Gasteiger partial charge in [-0.2, -0.15) is 0 Å². The van der Waals surface area contributed by atoms with Gasteiger partial charge in [-0.05, 0) is 34.5 Å². The van der Waals surface area contributed by atoms with Crippen molar-refractivity contribution in [2.24, 2.45) is 5.73 Å². The van der Waals surface area contributed by atoms with Gasteiger partial charge in [0.25, 0.3) is 6.47 Å². The van der Waals surface area contributed by atoms with Gasteiger partial charge in [0.2, 0.25) is 0 Å². The molecule has 0 aromatic heterocycles. The van der Waals surface area contributed by atoms with Crippen LogP contribution < -0.4 is 5.73 Å². The van der Waals surface area contributed by atoms with Crippen molar-refractivity contribution >= 4 is 34.0 Å². The van der Waals surface area contributed by atoms with Crippen LogP contribution >= 0.6 is 27.5 Å². The van der Waals surface area contributed by atoms with Crippen LogP contribution in [0.2, 0.25) is 5.02 Å². The fourth-order valence-corrected chi connectivity index (χ4v) is 1.92. The normalized spacial score (nSPS) is 10.4. The Morgan fingerprint density at radius 1 is 1.42 bits per heavy atom. The van der Waals surface area contributed by atoms with E-state index in [1.54, 1.807) is 12.1 Å². The lowest BCUT2D eigenvalue weighted by atomic mass is 10.0. The maximum atomic E-state index is 9.64. The highest BCUT2D eigenvalue weighted by atomic mass is 79.9. The van der Waals surface area contributed by atoms with E-state index >= 15 is 0 Å². The highest BCUT2D eigenvalue weighted by molar-refractivity contribution is 9.10. The molecule has 1 atom stereocenters. The molecule has 1 aromatic carbocycles. The Hall–Kier alpha value is -0.780. The number of hydrogen-bond donors (Lipinski definition) is 3. The second-order valence-electron chi connectivity index (χ2n) is 3.65. The van der Waals surface area contributed by atoms with Crippen LogP contribution in [-0.4, -0.2) is 16.7 Å². The summed E-state index contributed by atoms with van der Waals surface area (Å²) in [6.07, 6.45) is 2.01. The predicted molar refractivity (Wildman–Crippen MR) is 82.7 cm³/mol. The number of hydrogen-bond acceptors (Lipinski definition) is 3. The molecule has 0 aliphatic heterocycles. The zero-order chi connectivity index (χ0) is 15.4. The van der Waals surface area contributed by atoms with Gasteiger partial charge in [-0.3, -0.25) is 4.79 Å². The van der Waals surface area contributed by atoms with Crippen molar-refractivity contribution < 1.29 is 15.0 Å². The van der Waals surface area contributed by atoms with E-state index in [1.165, 1.54) is 6.42 Å². The Bertz CT molecular complexity index is 375. The fraction of sp³-hybridized carbons (Fsp3) is 0.462. The molecule has 0 saturated carbocycles. The topological polar surface area (TPSA) is 83.5 Å². The summed E-state index contributed by atoms with van der Waals surface area (Å²) in [6.45, 7) is 5.96. The Labute approximate surface area is 127 Å². The van der Waals surface area contributed by atoms with Gasteiger partial charge in [0.15, 0.2) is 0 Å². The average Bonchev–Trinajstić information content (AvgIpc) is 2.34. The van der Waals surface area contributed by atoms with Gasteiger partial charge in [-0.15, -0.1) is 0 Å². The molecule has 1 rings (SSSR count). The quantitative estimate of drug-likeness (QED) is 0.690. The molecule has 0 radical (unpaired) electrons. The van der Waals surface area contributed by atoms with Crippen LogP contribution in [0.15, 0.2) is 16.6 Å². The molecule has 4 nitrogen and oxygen atoms in total. The third-order valence-electron chi connectivity index (χ3n) is 1.90. The third-order valence-corrected chi connectivity index (χ3v) is 2.72. The van der Waals surface area contributed by atoms with Crippen molar-refractivity contribution in [3.63, 3.8) is 0 Å². The molecular formula is C13H21BrClNO3. The summed E-state index contributed by atoms with van der Waals surface area (Å²) >= 11 is 9.03. The molecule has 0 spiro atoms. The van der Waals surface area contributed by atoms with Gasteiger partial charge >= 0.3 is 0 Å².